The Bertz CT molecular complexity index is 393. The first kappa shape index (κ1) is 9.39. The van der Waals surface area contributed by atoms with Gasteiger partial charge in [-0.1, -0.05) is 0 Å². The average molecular weight is 233 g/mol. The van der Waals surface area contributed by atoms with Gasteiger partial charge >= 0.3 is 72.5 Å². The fraction of sp³-hybridized carbons (Fsp3) is 0.250. The maximum atomic E-state index is 10.7. The van der Waals surface area contributed by atoms with Crippen molar-refractivity contribution in [1.29, 1.82) is 0 Å². The first-order chi connectivity index (χ1) is 5.41. The normalized spacial score (nSPS) is 11.6. The molecule has 0 heterocycles. The van der Waals surface area contributed by atoms with Crippen molar-refractivity contribution in [3.63, 3.8) is 0 Å². The van der Waals surface area contributed by atoms with Gasteiger partial charge in [-0.2, -0.15) is 0 Å². The third kappa shape index (κ3) is 1.91. The van der Waals surface area contributed by atoms with Gasteiger partial charge in [-0.3, -0.25) is 0 Å². The number of rotatable bonds is 1. The van der Waals surface area contributed by atoms with E-state index in [1.54, 1.807) is 6.07 Å². The molecule has 4 heteroatoms. The van der Waals surface area contributed by atoms with E-state index in [0.29, 0.717) is 0 Å². The van der Waals surface area contributed by atoms with E-state index in [0.717, 1.165) is 11.1 Å². The van der Waals surface area contributed by atoms with Crippen molar-refractivity contribution >= 4 is 17.5 Å². The Balaban J connectivity index is 3.33. The van der Waals surface area contributed by atoms with Crippen LogP contribution in [0.2, 0.25) is 0 Å². The second kappa shape index (κ2) is 2.98. The van der Waals surface area contributed by atoms with Crippen molar-refractivity contribution < 1.29 is 11.9 Å². The van der Waals surface area contributed by atoms with Crippen LogP contribution >= 0.6 is 0 Å². The Hall–Kier alpha value is -0.701. The number of hydrogen-bond donors (Lipinski definition) is 1. The van der Waals surface area contributed by atoms with Gasteiger partial charge in [0, 0.05) is 0 Å². The van der Waals surface area contributed by atoms with E-state index in [1.165, 1.54) is 12.1 Å². The Morgan fingerprint density at radius 3 is 2.17 bits per heavy atom. The quantitative estimate of drug-likeness (QED) is 0.710. The summed E-state index contributed by atoms with van der Waals surface area (Å²) in [5, 5.41) is 0. The number of hydrogen-bond acceptors (Lipinski definition) is 2. The van der Waals surface area contributed by atoms with Crippen molar-refractivity contribution in [2.45, 2.75) is 13.8 Å². The summed E-state index contributed by atoms with van der Waals surface area (Å²) in [6.07, 6.45) is 0. The van der Waals surface area contributed by atoms with Crippen molar-refractivity contribution in [2.75, 3.05) is 0 Å². The van der Waals surface area contributed by atoms with Crippen LogP contribution < -0.4 is 4.46 Å². The van der Waals surface area contributed by atoms with Gasteiger partial charge in [-0.15, -0.1) is 0 Å². The van der Waals surface area contributed by atoms with Crippen LogP contribution in [-0.2, 0) is 7.67 Å². The Morgan fingerprint density at radius 2 is 1.75 bits per heavy atom. The van der Waals surface area contributed by atoms with E-state index >= 15 is 0 Å². The molecule has 0 fully saturated rings. The molecule has 0 unspecified atom stereocenters. The summed E-state index contributed by atoms with van der Waals surface area (Å²) >= 11 is -4.76. The van der Waals surface area contributed by atoms with Gasteiger partial charge in [0.1, 0.15) is 0 Å². The fourth-order valence-electron chi connectivity index (χ4n) is 0.874. The van der Waals surface area contributed by atoms with Crippen LogP contribution in [0, 0.1) is 13.8 Å². The molecule has 0 spiro atoms. The number of benzene rings is 1. The monoisotopic (exact) mass is 234 g/mol. The summed E-state index contributed by atoms with van der Waals surface area (Å²) < 4.78 is 30.2. The van der Waals surface area contributed by atoms with E-state index in [4.69, 9.17) is 4.19 Å². The SMILES string of the molecule is Cc1ccc([Se](=O)(=O)O)cc1C. The molecule has 0 aliphatic heterocycles. The fourth-order valence-corrected chi connectivity index (χ4v) is 2.06. The van der Waals surface area contributed by atoms with Gasteiger partial charge in [0.15, 0.2) is 0 Å². The summed E-state index contributed by atoms with van der Waals surface area (Å²) in [5.74, 6) is 0. The molecule has 0 aliphatic rings. The second-order valence-electron chi connectivity index (χ2n) is 2.72. The van der Waals surface area contributed by atoms with Gasteiger partial charge < -0.3 is 0 Å². The van der Waals surface area contributed by atoms with Crippen LogP contribution in [0.15, 0.2) is 18.2 Å². The molecule has 0 aliphatic carbocycles. The summed E-state index contributed by atoms with van der Waals surface area (Å²) in [6, 6.07) is 4.58. The average Bonchev–Trinajstić information content (AvgIpc) is 1.92. The zero-order valence-corrected chi connectivity index (χ0v) is 8.62. The van der Waals surface area contributed by atoms with E-state index in [9.17, 15) is 7.67 Å². The van der Waals surface area contributed by atoms with Crippen molar-refractivity contribution in [2.24, 2.45) is 0 Å². The molecule has 0 bridgehead atoms. The zero-order chi connectivity index (χ0) is 9.35. The Kier molecular flexibility index (Phi) is 2.33. The molecule has 0 saturated carbocycles. The van der Waals surface area contributed by atoms with Gasteiger partial charge in [-0.05, 0) is 0 Å². The van der Waals surface area contributed by atoms with Crippen LogP contribution in [0.3, 0.4) is 0 Å². The van der Waals surface area contributed by atoms with Crippen LogP contribution in [0.5, 0.6) is 0 Å². The van der Waals surface area contributed by atoms with Gasteiger partial charge in [0.2, 0.25) is 0 Å². The van der Waals surface area contributed by atoms with E-state index in [-0.39, 0.29) is 4.46 Å². The predicted octanol–water partition coefficient (Wildman–Crippen LogP) is 0.303. The van der Waals surface area contributed by atoms with E-state index < -0.39 is 13.0 Å². The molecule has 1 N–H and O–H groups in total. The third-order valence-corrected chi connectivity index (χ3v) is 3.56. The molecule has 0 amide bonds. The number of aryl methyl sites for hydroxylation is 2. The minimum absolute atomic E-state index is 0.0225. The van der Waals surface area contributed by atoms with Gasteiger partial charge in [0.25, 0.3) is 0 Å². The standard InChI is InChI=1S/C8H10O3Se/c1-6-3-4-8(5-7(6)2)12(9,10)11/h3-5H,1-2H3,(H,9,10,11). The van der Waals surface area contributed by atoms with Crippen molar-refractivity contribution in [3.05, 3.63) is 29.3 Å². The molecule has 12 heavy (non-hydrogen) atoms. The Labute approximate surface area is 73.0 Å². The molecule has 0 aromatic heterocycles. The molecule has 0 radical (unpaired) electrons. The van der Waals surface area contributed by atoms with Crippen molar-refractivity contribution in [1.82, 2.24) is 0 Å². The molecule has 0 saturated heterocycles. The first-order valence-corrected chi connectivity index (χ1v) is 6.48. The molecular weight excluding hydrogens is 223 g/mol. The molecule has 1 aromatic carbocycles. The zero-order valence-electron chi connectivity index (χ0n) is 6.90. The van der Waals surface area contributed by atoms with Crippen molar-refractivity contribution in [3.8, 4) is 0 Å². The predicted molar refractivity (Wildman–Crippen MR) is 44.9 cm³/mol. The Morgan fingerprint density at radius 1 is 1.17 bits per heavy atom. The molecule has 0 atom stereocenters. The topological polar surface area (TPSA) is 54.4 Å². The molecular formula is C8H10O3Se. The minimum atomic E-state index is -4.76. The molecule has 1 aromatic rings. The van der Waals surface area contributed by atoms with E-state index in [1.807, 2.05) is 13.8 Å². The van der Waals surface area contributed by atoms with Gasteiger partial charge in [-0.25, -0.2) is 0 Å². The van der Waals surface area contributed by atoms with Crippen LogP contribution in [-0.4, -0.2) is 17.2 Å². The maximum absolute atomic E-state index is 10.7. The third-order valence-electron chi connectivity index (χ3n) is 1.78. The molecule has 66 valence electrons. The van der Waals surface area contributed by atoms with Crippen LogP contribution in [0.4, 0.5) is 0 Å². The van der Waals surface area contributed by atoms with Gasteiger partial charge in [0.05, 0.1) is 0 Å². The van der Waals surface area contributed by atoms with E-state index in [2.05, 4.69) is 0 Å². The molecule has 1 rings (SSSR count). The summed E-state index contributed by atoms with van der Waals surface area (Å²) in [6.45, 7) is 3.69. The summed E-state index contributed by atoms with van der Waals surface area (Å²) in [7, 11) is 0. The summed E-state index contributed by atoms with van der Waals surface area (Å²) in [5.41, 5.74) is 1.88. The second-order valence-corrected chi connectivity index (χ2v) is 5.70. The van der Waals surface area contributed by atoms with Crippen LogP contribution in [0.25, 0.3) is 0 Å². The molecule has 3 nitrogen and oxygen atoms in total. The summed E-state index contributed by atoms with van der Waals surface area (Å²) in [4.78, 5) is 0. The first-order valence-electron chi connectivity index (χ1n) is 3.46. The van der Waals surface area contributed by atoms with Crippen LogP contribution in [0.1, 0.15) is 11.1 Å².